The van der Waals surface area contributed by atoms with Crippen LogP contribution in [0.15, 0.2) is 24.3 Å². The first-order valence-corrected chi connectivity index (χ1v) is 5.36. The highest BCUT2D eigenvalue weighted by Crippen LogP contribution is 2.18. The van der Waals surface area contributed by atoms with Crippen LogP contribution in [0, 0.1) is 0 Å². The molecule has 0 amide bonds. The minimum absolute atomic E-state index is 0.0798. The summed E-state index contributed by atoms with van der Waals surface area (Å²) in [6.07, 6.45) is 0. The van der Waals surface area contributed by atoms with E-state index in [1.165, 1.54) is 0 Å². The Morgan fingerprint density at radius 3 is 2.94 bits per heavy atom. The van der Waals surface area contributed by atoms with Gasteiger partial charge in [0.05, 0.1) is 18.8 Å². The molecule has 1 aromatic carbocycles. The van der Waals surface area contributed by atoms with E-state index in [-0.39, 0.29) is 6.04 Å². The molecule has 1 unspecified atom stereocenters. The Bertz CT molecular complexity index is 496. The fraction of sp³-hybridized carbons (Fsp3) is 0.364. The Hall–Kier alpha value is -1.95. The molecule has 0 saturated carbocycles. The maximum absolute atomic E-state index is 5.18. The highest BCUT2D eigenvalue weighted by molar-refractivity contribution is 5.39. The number of tetrazole rings is 1. The lowest BCUT2D eigenvalue weighted by Crippen LogP contribution is -2.17. The highest BCUT2D eigenvalue weighted by Gasteiger charge is 2.14. The van der Waals surface area contributed by atoms with E-state index in [0.29, 0.717) is 0 Å². The van der Waals surface area contributed by atoms with Crippen molar-refractivity contribution in [2.45, 2.75) is 13.0 Å². The minimum atomic E-state index is 0.0798. The molecule has 90 valence electrons. The van der Waals surface area contributed by atoms with Gasteiger partial charge in [0.1, 0.15) is 5.75 Å². The van der Waals surface area contributed by atoms with Gasteiger partial charge in [-0.25, -0.2) is 0 Å². The van der Waals surface area contributed by atoms with Crippen LogP contribution in [0.2, 0.25) is 0 Å². The summed E-state index contributed by atoms with van der Waals surface area (Å²) in [5.74, 6) is 1.54. The smallest absolute Gasteiger partial charge is 0.173 e. The molecule has 0 aliphatic rings. The number of hydrogen-bond acceptors (Lipinski definition) is 5. The van der Waals surface area contributed by atoms with Crippen LogP contribution < -0.4 is 10.1 Å². The second kappa shape index (κ2) is 4.92. The molecule has 17 heavy (non-hydrogen) atoms. The summed E-state index contributed by atoms with van der Waals surface area (Å²) in [7, 11) is 3.51. The van der Waals surface area contributed by atoms with Crippen LogP contribution in [0.25, 0.3) is 5.69 Å². The zero-order valence-corrected chi connectivity index (χ0v) is 10.1. The van der Waals surface area contributed by atoms with Gasteiger partial charge < -0.3 is 10.1 Å². The number of benzene rings is 1. The van der Waals surface area contributed by atoms with Crippen molar-refractivity contribution in [2.75, 3.05) is 14.2 Å². The summed E-state index contributed by atoms with van der Waals surface area (Å²) < 4.78 is 6.88. The Morgan fingerprint density at radius 1 is 1.41 bits per heavy atom. The predicted molar refractivity (Wildman–Crippen MR) is 63.2 cm³/mol. The van der Waals surface area contributed by atoms with E-state index in [1.807, 2.05) is 38.2 Å². The van der Waals surface area contributed by atoms with Gasteiger partial charge in [-0.05, 0) is 36.5 Å². The number of aromatic nitrogens is 4. The first-order chi connectivity index (χ1) is 8.26. The molecular weight excluding hydrogens is 218 g/mol. The second-order valence-electron chi connectivity index (χ2n) is 3.66. The van der Waals surface area contributed by atoms with Crippen LogP contribution in [-0.2, 0) is 0 Å². The number of hydrogen-bond donors (Lipinski definition) is 1. The molecule has 6 heteroatoms. The SMILES string of the molecule is CNC(C)c1nnnn1-c1cccc(OC)c1. The predicted octanol–water partition coefficient (Wildman–Crippen LogP) is 0.951. The third kappa shape index (κ3) is 2.26. The molecule has 1 N–H and O–H groups in total. The average Bonchev–Trinajstić information content (AvgIpc) is 2.87. The molecule has 1 aromatic heterocycles. The summed E-state index contributed by atoms with van der Waals surface area (Å²) in [4.78, 5) is 0. The summed E-state index contributed by atoms with van der Waals surface area (Å²) >= 11 is 0. The number of methoxy groups -OCH3 is 1. The van der Waals surface area contributed by atoms with Crippen LogP contribution >= 0.6 is 0 Å². The van der Waals surface area contributed by atoms with Crippen molar-refractivity contribution in [2.24, 2.45) is 0 Å². The topological polar surface area (TPSA) is 64.9 Å². The maximum Gasteiger partial charge on any atom is 0.173 e. The molecule has 2 rings (SSSR count). The van der Waals surface area contributed by atoms with Crippen molar-refractivity contribution in [3.05, 3.63) is 30.1 Å². The number of rotatable bonds is 4. The zero-order chi connectivity index (χ0) is 12.3. The van der Waals surface area contributed by atoms with Gasteiger partial charge in [0.15, 0.2) is 5.82 Å². The fourth-order valence-electron chi connectivity index (χ4n) is 1.52. The zero-order valence-electron chi connectivity index (χ0n) is 10.1. The van der Waals surface area contributed by atoms with Gasteiger partial charge in [0.25, 0.3) is 0 Å². The van der Waals surface area contributed by atoms with Crippen LogP contribution in [0.3, 0.4) is 0 Å². The molecule has 0 spiro atoms. The van der Waals surface area contributed by atoms with E-state index in [9.17, 15) is 0 Å². The molecule has 0 aliphatic heterocycles. The van der Waals surface area contributed by atoms with E-state index in [1.54, 1.807) is 11.8 Å². The molecule has 1 atom stereocenters. The fourth-order valence-corrected chi connectivity index (χ4v) is 1.52. The van der Waals surface area contributed by atoms with Crippen molar-refractivity contribution in [1.29, 1.82) is 0 Å². The first-order valence-electron chi connectivity index (χ1n) is 5.36. The Kier molecular flexibility index (Phi) is 3.34. The van der Waals surface area contributed by atoms with Gasteiger partial charge >= 0.3 is 0 Å². The van der Waals surface area contributed by atoms with Crippen molar-refractivity contribution in [3.63, 3.8) is 0 Å². The Balaban J connectivity index is 2.42. The van der Waals surface area contributed by atoms with Crippen LogP contribution in [-0.4, -0.2) is 34.4 Å². The average molecular weight is 233 g/mol. The number of nitrogens with zero attached hydrogens (tertiary/aromatic N) is 4. The molecule has 0 aliphatic carbocycles. The molecule has 0 bridgehead atoms. The second-order valence-corrected chi connectivity index (χ2v) is 3.66. The number of ether oxygens (including phenoxy) is 1. The summed E-state index contributed by atoms with van der Waals surface area (Å²) in [6, 6.07) is 7.70. The monoisotopic (exact) mass is 233 g/mol. The van der Waals surface area contributed by atoms with Crippen molar-refractivity contribution in [3.8, 4) is 11.4 Å². The van der Waals surface area contributed by atoms with Crippen molar-refractivity contribution < 1.29 is 4.74 Å². The van der Waals surface area contributed by atoms with Crippen LogP contribution in [0.5, 0.6) is 5.75 Å². The first kappa shape index (κ1) is 11.5. The molecule has 1 heterocycles. The summed E-state index contributed by atoms with van der Waals surface area (Å²) in [6.45, 7) is 2.00. The molecule has 0 saturated heterocycles. The largest absolute Gasteiger partial charge is 0.497 e. The van der Waals surface area contributed by atoms with E-state index >= 15 is 0 Å². The standard InChI is InChI=1S/C11H15N5O/c1-8(12-2)11-13-14-15-16(11)9-5-4-6-10(7-9)17-3/h4-8,12H,1-3H3. The normalized spacial score (nSPS) is 12.4. The Morgan fingerprint density at radius 2 is 2.24 bits per heavy atom. The van der Waals surface area contributed by atoms with E-state index in [4.69, 9.17) is 4.74 Å². The molecule has 6 nitrogen and oxygen atoms in total. The lowest BCUT2D eigenvalue weighted by Gasteiger charge is -2.10. The van der Waals surface area contributed by atoms with E-state index < -0.39 is 0 Å². The van der Waals surface area contributed by atoms with Crippen LogP contribution in [0.4, 0.5) is 0 Å². The molecule has 0 fully saturated rings. The van der Waals surface area contributed by atoms with Gasteiger partial charge in [0.2, 0.25) is 0 Å². The summed E-state index contributed by atoms with van der Waals surface area (Å²) in [5, 5.41) is 14.8. The highest BCUT2D eigenvalue weighted by atomic mass is 16.5. The van der Waals surface area contributed by atoms with Crippen molar-refractivity contribution >= 4 is 0 Å². The molecule has 2 aromatic rings. The molecular formula is C11H15N5O. The third-order valence-corrected chi connectivity index (χ3v) is 2.61. The van der Waals surface area contributed by atoms with Gasteiger partial charge in [-0.1, -0.05) is 6.07 Å². The van der Waals surface area contributed by atoms with Gasteiger partial charge in [-0.2, -0.15) is 4.68 Å². The van der Waals surface area contributed by atoms with Gasteiger partial charge in [-0.3, -0.25) is 0 Å². The maximum atomic E-state index is 5.18. The third-order valence-electron chi connectivity index (χ3n) is 2.61. The quantitative estimate of drug-likeness (QED) is 0.851. The van der Waals surface area contributed by atoms with Gasteiger partial charge in [0, 0.05) is 6.07 Å². The number of nitrogens with one attached hydrogen (secondary N) is 1. The summed E-state index contributed by atoms with van der Waals surface area (Å²) in [5.41, 5.74) is 0.881. The lowest BCUT2D eigenvalue weighted by molar-refractivity contribution is 0.414. The molecule has 0 radical (unpaired) electrons. The van der Waals surface area contributed by atoms with E-state index in [2.05, 4.69) is 20.8 Å². The van der Waals surface area contributed by atoms with Gasteiger partial charge in [-0.15, -0.1) is 5.10 Å². The minimum Gasteiger partial charge on any atom is -0.497 e. The van der Waals surface area contributed by atoms with E-state index in [0.717, 1.165) is 17.3 Å². The van der Waals surface area contributed by atoms with Crippen molar-refractivity contribution in [1.82, 2.24) is 25.5 Å². The van der Waals surface area contributed by atoms with Crippen LogP contribution in [0.1, 0.15) is 18.8 Å². The lowest BCUT2D eigenvalue weighted by atomic mass is 10.2. The Labute approximate surface area is 99.6 Å².